The standard InChI is InChI=1S/C43H27N/c1-2-12-27-25-28(23-22-26(27)11-1)38-29-13-3-5-15-31(29)39(32-16-6-4-14-30(32)38)40-33-17-7-8-18-34(33)42-41-35(19-9-20-37(40)41)36-21-10-24-44-43(36)42/h1-7,9-17,19-25H,8,18H2. The number of pyridine rings is 1. The van der Waals surface area contributed by atoms with Gasteiger partial charge in [0.1, 0.15) is 0 Å². The van der Waals surface area contributed by atoms with Gasteiger partial charge in [0.15, 0.2) is 0 Å². The van der Waals surface area contributed by atoms with E-state index in [1.54, 1.807) is 0 Å². The summed E-state index contributed by atoms with van der Waals surface area (Å²) < 4.78 is 0. The van der Waals surface area contributed by atoms with Crippen molar-refractivity contribution in [1.29, 1.82) is 0 Å². The van der Waals surface area contributed by atoms with E-state index in [4.69, 9.17) is 4.98 Å². The molecule has 0 atom stereocenters. The third-order valence-electron chi connectivity index (χ3n) is 9.88. The van der Waals surface area contributed by atoms with Gasteiger partial charge in [0.2, 0.25) is 0 Å². The van der Waals surface area contributed by atoms with Gasteiger partial charge in [-0.2, -0.15) is 0 Å². The van der Waals surface area contributed by atoms with Crippen molar-refractivity contribution in [1.82, 2.24) is 4.98 Å². The molecule has 1 heteroatoms. The Hall–Kier alpha value is -5.53. The Kier molecular flexibility index (Phi) is 4.90. The molecule has 0 radical (unpaired) electrons. The highest BCUT2D eigenvalue weighted by molar-refractivity contribution is 6.28. The Morgan fingerprint density at radius 3 is 1.98 bits per heavy atom. The van der Waals surface area contributed by atoms with Crippen molar-refractivity contribution in [3.8, 4) is 44.6 Å². The molecule has 0 saturated carbocycles. The van der Waals surface area contributed by atoms with Crippen LogP contribution in [0.2, 0.25) is 0 Å². The number of hydrogen-bond donors (Lipinski definition) is 0. The smallest absolute Gasteiger partial charge is 0.0789 e. The summed E-state index contributed by atoms with van der Waals surface area (Å²) in [5.41, 5.74) is 13.1. The lowest BCUT2D eigenvalue weighted by atomic mass is 9.78. The fraction of sp³-hybridized carbons (Fsp3) is 0.0465. The summed E-state index contributed by atoms with van der Waals surface area (Å²) in [6.07, 6.45) is 8.77. The molecule has 0 spiro atoms. The second kappa shape index (κ2) is 8.99. The summed E-state index contributed by atoms with van der Waals surface area (Å²) in [4.78, 5) is 4.95. The third kappa shape index (κ3) is 3.16. The second-order valence-corrected chi connectivity index (χ2v) is 12.1. The molecule has 44 heavy (non-hydrogen) atoms. The van der Waals surface area contributed by atoms with Gasteiger partial charge in [-0.1, -0.05) is 121 Å². The molecule has 1 nitrogen and oxygen atoms in total. The first kappa shape index (κ1) is 24.0. The van der Waals surface area contributed by atoms with Crippen molar-refractivity contribution in [2.45, 2.75) is 12.8 Å². The lowest BCUT2D eigenvalue weighted by Crippen LogP contribution is -2.02. The number of hydrogen-bond acceptors (Lipinski definition) is 1. The van der Waals surface area contributed by atoms with Crippen LogP contribution in [-0.2, 0) is 6.42 Å². The predicted octanol–water partition coefficient (Wildman–Crippen LogP) is 11.6. The number of benzene rings is 7. The molecule has 0 amide bonds. The Morgan fingerprint density at radius 2 is 1.18 bits per heavy atom. The van der Waals surface area contributed by atoms with Crippen molar-refractivity contribution in [2.75, 3.05) is 0 Å². The van der Waals surface area contributed by atoms with Gasteiger partial charge < -0.3 is 0 Å². The van der Waals surface area contributed by atoms with E-state index in [0.717, 1.165) is 18.5 Å². The highest BCUT2D eigenvalue weighted by atomic mass is 14.7. The zero-order valence-corrected chi connectivity index (χ0v) is 24.1. The zero-order chi connectivity index (χ0) is 28.8. The Labute approximate surface area is 255 Å². The van der Waals surface area contributed by atoms with Gasteiger partial charge in [0.05, 0.1) is 5.69 Å². The van der Waals surface area contributed by atoms with Crippen LogP contribution >= 0.6 is 0 Å². The highest BCUT2D eigenvalue weighted by Crippen LogP contribution is 2.55. The van der Waals surface area contributed by atoms with E-state index < -0.39 is 0 Å². The normalized spacial score (nSPS) is 13.2. The molecule has 10 rings (SSSR count). The lowest BCUT2D eigenvalue weighted by Gasteiger charge is -2.24. The molecule has 7 aromatic carbocycles. The molecule has 0 aliphatic heterocycles. The number of allylic oxidation sites excluding steroid dienone is 1. The second-order valence-electron chi connectivity index (χ2n) is 12.1. The molecule has 1 aromatic heterocycles. The molecule has 0 N–H and O–H groups in total. The third-order valence-corrected chi connectivity index (χ3v) is 9.88. The van der Waals surface area contributed by atoms with Crippen LogP contribution in [0.5, 0.6) is 0 Å². The molecule has 2 aliphatic carbocycles. The van der Waals surface area contributed by atoms with Gasteiger partial charge in [-0.25, -0.2) is 0 Å². The van der Waals surface area contributed by atoms with Crippen molar-refractivity contribution in [3.63, 3.8) is 0 Å². The number of aromatic nitrogens is 1. The molecule has 1 heterocycles. The first-order chi connectivity index (χ1) is 21.9. The zero-order valence-electron chi connectivity index (χ0n) is 24.1. The summed E-state index contributed by atoms with van der Waals surface area (Å²) in [6, 6.07) is 44.8. The maximum atomic E-state index is 4.95. The summed E-state index contributed by atoms with van der Waals surface area (Å²) >= 11 is 0. The summed E-state index contributed by atoms with van der Waals surface area (Å²) in [5, 5.41) is 10.4. The van der Waals surface area contributed by atoms with E-state index in [9.17, 15) is 0 Å². The number of fused-ring (bicyclic) bond motifs is 8. The van der Waals surface area contributed by atoms with Gasteiger partial charge in [0, 0.05) is 17.3 Å². The Bertz CT molecular complexity index is 2490. The fourth-order valence-corrected chi connectivity index (χ4v) is 8.11. The van der Waals surface area contributed by atoms with E-state index in [2.05, 4.69) is 133 Å². The minimum absolute atomic E-state index is 1.03. The molecule has 0 bridgehead atoms. The van der Waals surface area contributed by atoms with Crippen LogP contribution in [0.15, 0.2) is 134 Å². The average molecular weight is 558 g/mol. The predicted molar refractivity (Wildman–Crippen MR) is 187 cm³/mol. The van der Waals surface area contributed by atoms with Crippen LogP contribution in [0, 0.1) is 0 Å². The number of rotatable bonds is 2. The van der Waals surface area contributed by atoms with Crippen LogP contribution < -0.4 is 0 Å². The molecule has 0 saturated heterocycles. The van der Waals surface area contributed by atoms with E-state index in [0.29, 0.717) is 0 Å². The summed E-state index contributed by atoms with van der Waals surface area (Å²) in [6.45, 7) is 0. The minimum Gasteiger partial charge on any atom is -0.256 e. The van der Waals surface area contributed by atoms with Gasteiger partial charge >= 0.3 is 0 Å². The minimum atomic E-state index is 1.03. The van der Waals surface area contributed by atoms with Crippen molar-refractivity contribution in [3.05, 3.63) is 145 Å². The molecule has 0 unspecified atom stereocenters. The van der Waals surface area contributed by atoms with Crippen LogP contribution in [0.3, 0.4) is 0 Å². The largest absolute Gasteiger partial charge is 0.256 e. The number of nitrogens with zero attached hydrogens (tertiary/aromatic N) is 1. The van der Waals surface area contributed by atoms with Gasteiger partial charge in [-0.15, -0.1) is 0 Å². The topological polar surface area (TPSA) is 12.9 Å². The molecular weight excluding hydrogens is 530 g/mol. The molecule has 0 fully saturated rings. The molecule has 8 aromatic rings. The van der Waals surface area contributed by atoms with Crippen molar-refractivity contribution < 1.29 is 0 Å². The average Bonchev–Trinajstić information content (AvgIpc) is 3.43. The van der Waals surface area contributed by atoms with Crippen molar-refractivity contribution >= 4 is 49.2 Å². The van der Waals surface area contributed by atoms with Crippen LogP contribution in [0.25, 0.3) is 93.8 Å². The van der Waals surface area contributed by atoms with Crippen LogP contribution in [-0.4, -0.2) is 4.98 Å². The quantitative estimate of drug-likeness (QED) is 0.193. The van der Waals surface area contributed by atoms with Gasteiger partial charge in [-0.05, 0) is 107 Å². The van der Waals surface area contributed by atoms with Gasteiger partial charge in [-0.3, -0.25) is 4.98 Å². The monoisotopic (exact) mass is 557 g/mol. The highest BCUT2D eigenvalue weighted by Gasteiger charge is 2.31. The van der Waals surface area contributed by atoms with Crippen LogP contribution in [0.1, 0.15) is 17.5 Å². The molecule has 2 aliphatic rings. The first-order valence-corrected chi connectivity index (χ1v) is 15.5. The van der Waals surface area contributed by atoms with E-state index in [1.807, 2.05) is 6.20 Å². The molecular formula is C43H27N. The Morgan fingerprint density at radius 1 is 0.500 bits per heavy atom. The summed E-state index contributed by atoms with van der Waals surface area (Å²) in [5.74, 6) is 0. The SMILES string of the molecule is C1=Cc2c(c3c4c(cccc4c2-c2c4ccccc4c(-c4ccc5ccccc5c4)c4ccccc24)-c2cccnc2-3)CC1. The maximum absolute atomic E-state index is 4.95. The van der Waals surface area contributed by atoms with Crippen molar-refractivity contribution in [2.24, 2.45) is 0 Å². The van der Waals surface area contributed by atoms with Gasteiger partial charge in [0.25, 0.3) is 0 Å². The Balaban J connectivity index is 1.39. The lowest BCUT2D eigenvalue weighted by molar-refractivity contribution is 0.991. The van der Waals surface area contributed by atoms with E-state index >= 15 is 0 Å². The summed E-state index contributed by atoms with van der Waals surface area (Å²) in [7, 11) is 0. The van der Waals surface area contributed by atoms with Crippen LogP contribution in [0.4, 0.5) is 0 Å². The maximum Gasteiger partial charge on any atom is 0.0789 e. The first-order valence-electron chi connectivity index (χ1n) is 15.5. The van der Waals surface area contributed by atoms with E-state index in [-0.39, 0.29) is 0 Å². The fourth-order valence-electron chi connectivity index (χ4n) is 8.11. The van der Waals surface area contributed by atoms with E-state index in [1.165, 1.54) is 93.2 Å². The molecule has 204 valence electrons.